The molecule has 0 saturated heterocycles. The number of pyridine rings is 1. The van der Waals surface area contributed by atoms with Gasteiger partial charge < -0.3 is 29.8 Å². The fourth-order valence-corrected chi connectivity index (χ4v) is 6.23. The molecule has 278 valence electrons. The summed E-state index contributed by atoms with van der Waals surface area (Å²) in [6.07, 6.45) is 7.37. The van der Waals surface area contributed by atoms with Crippen LogP contribution in [0.25, 0.3) is 22.0 Å². The molecule has 2 heterocycles. The lowest BCUT2D eigenvalue weighted by molar-refractivity contribution is -0.116. The van der Waals surface area contributed by atoms with Crippen molar-refractivity contribution in [3.8, 4) is 28.5 Å². The van der Waals surface area contributed by atoms with Gasteiger partial charge in [-0.05, 0) is 67.8 Å². The molecule has 0 radical (unpaired) electrons. The Morgan fingerprint density at radius 2 is 1.66 bits per heavy atom. The van der Waals surface area contributed by atoms with E-state index in [1.165, 1.54) is 25.7 Å². The van der Waals surface area contributed by atoms with Gasteiger partial charge in [0.05, 0.1) is 36.4 Å². The maximum Gasteiger partial charge on any atom is 0.410 e. The molecular weight excluding hydrogens is 711 g/mol. The van der Waals surface area contributed by atoms with E-state index in [0.717, 1.165) is 44.2 Å². The van der Waals surface area contributed by atoms with Crippen LogP contribution < -0.4 is 29.6 Å². The average molecular weight is 748 g/mol. The number of methoxy groups -OCH3 is 1. The van der Waals surface area contributed by atoms with Crippen molar-refractivity contribution in [2.75, 3.05) is 23.3 Å². The fourth-order valence-electron chi connectivity index (χ4n) is 5.63. The number of halogens is 2. The summed E-state index contributed by atoms with van der Waals surface area (Å²) in [5.74, 6) is -1.56. The van der Waals surface area contributed by atoms with Crippen molar-refractivity contribution < 1.29 is 41.3 Å². The van der Waals surface area contributed by atoms with E-state index in [1.807, 2.05) is 13.0 Å². The number of nitrogens with one attached hydrogen (secondary N) is 1. The second kappa shape index (κ2) is 18.1. The van der Waals surface area contributed by atoms with E-state index in [-0.39, 0.29) is 23.2 Å². The van der Waals surface area contributed by atoms with Gasteiger partial charge in [0, 0.05) is 35.3 Å². The zero-order valence-corrected chi connectivity index (χ0v) is 29.8. The largest absolute Gasteiger partial charge is 0.755 e. The monoisotopic (exact) mass is 747 g/mol. The predicted molar refractivity (Wildman–Crippen MR) is 195 cm³/mol. The molecule has 2 aromatic heterocycles. The number of carbonyl (C=O) groups excluding carboxylic acids is 2. The lowest BCUT2D eigenvalue weighted by Gasteiger charge is -2.28. The summed E-state index contributed by atoms with van der Waals surface area (Å²) in [7, 11) is 1.30. The van der Waals surface area contributed by atoms with Gasteiger partial charge in [-0.3, -0.25) is 13.3 Å². The maximum atomic E-state index is 14.8. The smallest absolute Gasteiger partial charge is 0.410 e. The van der Waals surface area contributed by atoms with E-state index >= 15 is 0 Å². The first kappa shape index (κ1) is 38.5. The second-order valence-electron chi connectivity index (χ2n) is 11.9. The third kappa shape index (κ3) is 9.99. The number of anilines is 3. The summed E-state index contributed by atoms with van der Waals surface area (Å²) in [5, 5.41) is 3.46. The fraction of sp³-hybridized carbons (Fsp3) is 0.270. The van der Waals surface area contributed by atoms with Crippen molar-refractivity contribution in [2.45, 2.75) is 51.9 Å². The number of hydrogen-bond donors (Lipinski definition) is 2. The number of hydrogen-bond acceptors (Lipinski definition) is 10. The van der Waals surface area contributed by atoms with E-state index in [1.54, 1.807) is 30.3 Å². The highest BCUT2D eigenvalue weighted by molar-refractivity contribution is 7.81. The minimum absolute atomic E-state index is 0.0896. The highest BCUT2D eigenvalue weighted by Gasteiger charge is 2.22. The first-order valence-electron chi connectivity index (χ1n) is 16.7. The molecule has 0 aliphatic rings. The SMILES string of the molecule is COc1ncc(-c2cc(OCCCCCCCCC(=O)Nc3ccccc3OC(N)=O)c3ncnc(C)c3c2)cc1N(c1ccc(F)cc1F)S(=O)[O-]. The average Bonchev–Trinajstić information content (AvgIpc) is 3.12. The van der Waals surface area contributed by atoms with Gasteiger partial charge in [-0.2, -0.15) is 0 Å². The summed E-state index contributed by atoms with van der Waals surface area (Å²) in [6, 6.07) is 14.2. The Labute approximate surface area is 306 Å². The predicted octanol–water partition coefficient (Wildman–Crippen LogP) is 7.42. The van der Waals surface area contributed by atoms with Gasteiger partial charge in [0.2, 0.25) is 11.8 Å². The number of aryl methyl sites for hydroxylation is 1. The van der Waals surface area contributed by atoms with Crippen molar-refractivity contribution >= 4 is 51.2 Å². The zero-order valence-electron chi connectivity index (χ0n) is 29.0. The molecule has 3 N–H and O–H groups in total. The Kier molecular flexibility index (Phi) is 13.2. The van der Waals surface area contributed by atoms with Gasteiger partial charge in [-0.15, -0.1) is 0 Å². The van der Waals surface area contributed by atoms with Crippen LogP contribution >= 0.6 is 0 Å². The second-order valence-corrected chi connectivity index (χ2v) is 12.7. The van der Waals surface area contributed by atoms with E-state index in [9.17, 15) is 27.1 Å². The molecule has 0 aliphatic heterocycles. The third-order valence-electron chi connectivity index (χ3n) is 8.19. The van der Waals surface area contributed by atoms with E-state index in [4.69, 9.17) is 19.9 Å². The molecule has 1 unspecified atom stereocenters. The Balaban J connectivity index is 1.21. The Morgan fingerprint density at radius 1 is 0.906 bits per heavy atom. The molecule has 16 heteroatoms. The summed E-state index contributed by atoms with van der Waals surface area (Å²) in [4.78, 5) is 36.6. The first-order valence-corrected chi connectivity index (χ1v) is 17.7. The number of rotatable bonds is 17. The summed E-state index contributed by atoms with van der Waals surface area (Å²) in [6.45, 7) is 2.23. The van der Waals surface area contributed by atoms with Gasteiger partial charge in [0.1, 0.15) is 29.1 Å². The molecule has 0 bridgehead atoms. The maximum absolute atomic E-state index is 14.8. The van der Waals surface area contributed by atoms with Crippen molar-refractivity contribution in [2.24, 2.45) is 5.73 Å². The minimum atomic E-state index is -3.03. The molecule has 5 aromatic rings. The van der Waals surface area contributed by atoms with E-state index in [0.29, 0.717) is 69.0 Å². The number of primary amides is 1. The number of aromatic nitrogens is 3. The van der Waals surface area contributed by atoms with Gasteiger partial charge >= 0.3 is 6.09 Å². The summed E-state index contributed by atoms with van der Waals surface area (Å²) in [5.41, 5.74) is 7.32. The lowest BCUT2D eigenvalue weighted by atomic mass is 10.0. The van der Waals surface area contributed by atoms with E-state index < -0.39 is 34.7 Å². The molecule has 3 aromatic carbocycles. The molecular formula is C37H37F2N6O7S-. The zero-order chi connectivity index (χ0) is 37.9. The van der Waals surface area contributed by atoms with Gasteiger partial charge in [0.15, 0.2) is 11.6 Å². The Bertz CT molecular complexity index is 2120. The van der Waals surface area contributed by atoms with Crippen LogP contribution in [0.1, 0.15) is 50.6 Å². The molecule has 1 atom stereocenters. The Hall–Kier alpha value is -5.74. The van der Waals surface area contributed by atoms with Crippen molar-refractivity contribution in [1.29, 1.82) is 0 Å². The molecule has 5 rings (SSSR count). The summed E-state index contributed by atoms with van der Waals surface area (Å²) >= 11 is -3.03. The summed E-state index contributed by atoms with van der Waals surface area (Å²) < 4.78 is 70.4. The van der Waals surface area contributed by atoms with Crippen LogP contribution in [0.15, 0.2) is 73.2 Å². The number of benzene rings is 3. The molecule has 2 amide bonds. The number of fused-ring (bicyclic) bond motifs is 1. The van der Waals surface area contributed by atoms with Crippen LogP contribution in [0.4, 0.5) is 30.6 Å². The molecule has 0 aliphatic carbocycles. The van der Waals surface area contributed by atoms with Gasteiger partial charge in [0.25, 0.3) is 0 Å². The van der Waals surface area contributed by atoms with Crippen molar-refractivity contribution in [3.63, 3.8) is 0 Å². The number of amides is 2. The standard InChI is InChI=1S/C37H38F2N6O7S/c1-23-27-17-24(25-18-31(36(50-2)41-21-25)45(53(48)49)30-15-14-26(38)20-28(30)39)19-33(35(27)43-22-42-23)51-16-10-6-4-3-5-7-13-34(46)44-29-11-8-9-12-32(29)52-37(40)47/h8-9,11-12,14-15,17-22H,3-7,10,13,16H2,1-2H3,(H2,40,47)(H,44,46)(H,48,49)/p-1. The number of unbranched alkanes of at least 4 members (excludes halogenated alkanes) is 5. The van der Waals surface area contributed by atoms with Crippen LogP contribution in [0, 0.1) is 18.6 Å². The van der Waals surface area contributed by atoms with Crippen LogP contribution in [0.2, 0.25) is 0 Å². The van der Waals surface area contributed by atoms with Gasteiger partial charge in [-0.1, -0.05) is 37.8 Å². The van der Waals surface area contributed by atoms with Crippen molar-refractivity contribution in [1.82, 2.24) is 15.0 Å². The molecule has 53 heavy (non-hydrogen) atoms. The molecule has 0 fully saturated rings. The topological polar surface area (TPSA) is 182 Å². The lowest BCUT2D eigenvalue weighted by Crippen LogP contribution is -2.22. The van der Waals surface area contributed by atoms with Crippen LogP contribution in [0.5, 0.6) is 17.4 Å². The molecule has 0 spiro atoms. The quantitative estimate of drug-likeness (QED) is 0.0717. The Morgan fingerprint density at radius 3 is 2.40 bits per heavy atom. The molecule has 0 saturated carbocycles. The van der Waals surface area contributed by atoms with E-state index in [2.05, 4.69) is 20.3 Å². The van der Waals surface area contributed by atoms with Crippen LogP contribution in [-0.4, -0.2) is 49.4 Å². The number of para-hydroxylation sites is 2. The first-order chi connectivity index (χ1) is 25.5. The number of carbonyl (C=O) groups is 2. The van der Waals surface area contributed by atoms with Crippen molar-refractivity contribution in [3.05, 3.63) is 90.5 Å². The minimum Gasteiger partial charge on any atom is -0.755 e. The highest BCUT2D eigenvalue weighted by Crippen LogP contribution is 2.39. The van der Waals surface area contributed by atoms with Crippen LogP contribution in [0.3, 0.4) is 0 Å². The van der Waals surface area contributed by atoms with Crippen LogP contribution in [-0.2, 0) is 16.1 Å². The third-order valence-corrected chi connectivity index (χ3v) is 8.88. The number of nitrogens with two attached hydrogens (primary N) is 1. The number of ether oxygens (including phenoxy) is 3. The molecule has 13 nitrogen and oxygen atoms in total. The van der Waals surface area contributed by atoms with Gasteiger partial charge in [-0.25, -0.2) is 28.5 Å². The number of nitrogens with zero attached hydrogens (tertiary/aromatic N) is 4. The normalized spacial score (nSPS) is 11.6. The highest BCUT2D eigenvalue weighted by atomic mass is 32.2.